The lowest BCUT2D eigenvalue weighted by Crippen LogP contribution is -2.35. The minimum atomic E-state index is -0.975. The number of amides is 1. The van der Waals surface area contributed by atoms with Crippen LogP contribution in [0.5, 0.6) is 0 Å². The van der Waals surface area contributed by atoms with Gasteiger partial charge in [0.2, 0.25) is 5.95 Å². The quantitative estimate of drug-likeness (QED) is 0.776. The number of halogens is 1. The summed E-state index contributed by atoms with van der Waals surface area (Å²) in [6.07, 6.45) is 0. The highest BCUT2D eigenvalue weighted by atomic mass is 19.1. The highest BCUT2D eigenvalue weighted by Crippen LogP contribution is 2.10. The second kappa shape index (κ2) is 6.09. The third-order valence-electron chi connectivity index (χ3n) is 2.55. The lowest BCUT2D eigenvalue weighted by Gasteiger charge is -2.16. The zero-order chi connectivity index (χ0) is 13.7. The minimum Gasteiger partial charge on any atom is -0.481 e. The van der Waals surface area contributed by atoms with Crippen LogP contribution in [-0.4, -0.2) is 28.5 Å². The largest absolute Gasteiger partial charge is 0.481 e. The fourth-order valence-electron chi connectivity index (χ4n) is 1.44. The van der Waals surface area contributed by atoms with Crippen molar-refractivity contribution in [3.05, 3.63) is 29.8 Å². The molecule has 0 aliphatic rings. The minimum absolute atomic E-state index is 0.00989. The standard InChI is InChI=1S/C12H15FN2O3/c1-7(2)8(12(17)18)6-14-11(16)9-4-3-5-10(13)15-9/h3-5,7-8H,6H2,1-2H3,(H,14,16)(H,17,18). The second-order valence-electron chi connectivity index (χ2n) is 4.24. The molecule has 0 fully saturated rings. The molecule has 1 unspecified atom stereocenters. The number of carboxylic acids is 1. The van der Waals surface area contributed by atoms with E-state index >= 15 is 0 Å². The summed E-state index contributed by atoms with van der Waals surface area (Å²) in [7, 11) is 0. The Kier molecular flexibility index (Phi) is 4.76. The van der Waals surface area contributed by atoms with E-state index in [1.54, 1.807) is 13.8 Å². The lowest BCUT2D eigenvalue weighted by atomic mass is 9.96. The zero-order valence-corrected chi connectivity index (χ0v) is 10.2. The van der Waals surface area contributed by atoms with Crippen molar-refractivity contribution >= 4 is 11.9 Å². The van der Waals surface area contributed by atoms with Crippen LogP contribution in [0, 0.1) is 17.8 Å². The molecule has 1 atom stereocenters. The first-order valence-electron chi connectivity index (χ1n) is 5.55. The van der Waals surface area contributed by atoms with E-state index in [-0.39, 0.29) is 18.2 Å². The van der Waals surface area contributed by atoms with E-state index in [0.29, 0.717) is 0 Å². The molecule has 6 heteroatoms. The molecule has 5 nitrogen and oxygen atoms in total. The molecule has 0 spiro atoms. The number of pyridine rings is 1. The Bertz CT molecular complexity index is 449. The van der Waals surface area contributed by atoms with E-state index in [1.807, 2.05) is 0 Å². The summed E-state index contributed by atoms with van der Waals surface area (Å²) in [4.78, 5) is 25.9. The maximum absolute atomic E-state index is 12.8. The van der Waals surface area contributed by atoms with Gasteiger partial charge < -0.3 is 10.4 Å². The smallest absolute Gasteiger partial charge is 0.308 e. The van der Waals surface area contributed by atoms with Crippen molar-refractivity contribution in [1.29, 1.82) is 0 Å². The number of carboxylic acid groups (broad SMARTS) is 1. The van der Waals surface area contributed by atoms with Crippen LogP contribution < -0.4 is 5.32 Å². The van der Waals surface area contributed by atoms with Gasteiger partial charge in [-0.1, -0.05) is 19.9 Å². The van der Waals surface area contributed by atoms with Crippen LogP contribution in [0.4, 0.5) is 4.39 Å². The molecule has 1 heterocycles. The number of rotatable bonds is 5. The van der Waals surface area contributed by atoms with E-state index in [0.717, 1.165) is 6.07 Å². The summed E-state index contributed by atoms with van der Waals surface area (Å²) in [6.45, 7) is 3.50. The molecule has 0 saturated carbocycles. The number of nitrogens with zero attached hydrogens (tertiary/aromatic N) is 1. The third-order valence-corrected chi connectivity index (χ3v) is 2.55. The Morgan fingerprint density at radius 2 is 2.11 bits per heavy atom. The van der Waals surface area contributed by atoms with Gasteiger partial charge in [0.05, 0.1) is 5.92 Å². The average molecular weight is 254 g/mol. The summed E-state index contributed by atoms with van der Waals surface area (Å²) < 4.78 is 12.8. The molecule has 1 aromatic heterocycles. The Morgan fingerprint density at radius 3 is 2.61 bits per heavy atom. The van der Waals surface area contributed by atoms with E-state index in [4.69, 9.17) is 5.11 Å². The van der Waals surface area contributed by atoms with Crippen LogP contribution in [0.1, 0.15) is 24.3 Å². The van der Waals surface area contributed by atoms with Gasteiger partial charge in [0, 0.05) is 6.54 Å². The number of nitrogens with one attached hydrogen (secondary N) is 1. The number of aromatic nitrogens is 1. The summed E-state index contributed by atoms with van der Waals surface area (Å²) in [5.41, 5.74) is -0.0668. The summed E-state index contributed by atoms with van der Waals surface area (Å²) in [5.74, 6) is -3.09. The van der Waals surface area contributed by atoms with Crippen LogP contribution in [-0.2, 0) is 4.79 Å². The molecule has 2 N–H and O–H groups in total. The molecule has 0 bridgehead atoms. The normalized spacial score (nSPS) is 12.2. The number of carbonyl (C=O) groups is 2. The van der Waals surface area contributed by atoms with Gasteiger partial charge in [-0.15, -0.1) is 0 Å². The Balaban J connectivity index is 2.63. The number of hydrogen-bond acceptors (Lipinski definition) is 3. The zero-order valence-electron chi connectivity index (χ0n) is 10.2. The Morgan fingerprint density at radius 1 is 1.44 bits per heavy atom. The SMILES string of the molecule is CC(C)C(CNC(=O)c1cccc(F)n1)C(=O)O. The molecule has 1 aromatic rings. The topological polar surface area (TPSA) is 79.3 Å². The van der Waals surface area contributed by atoms with Crippen LogP contribution in [0.3, 0.4) is 0 Å². The predicted octanol–water partition coefficient (Wildman–Crippen LogP) is 1.31. The molecule has 0 radical (unpaired) electrons. The monoisotopic (exact) mass is 254 g/mol. The van der Waals surface area contributed by atoms with E-state index in [1.165, 1.54) is 12.1 Å². The maximum Gasteiger partial charge on any atom is 0.308 e. The van der Waals surface area contributed by atoms with Gasteiger partial charge in [-0.25, -0.2) is 4.98 Å². The first-order valence-corrected chi connectivity index (χ1v) is 5.55. The Labute approximate surface area is 104 Å². The van der Waals surface area contributed by atoms with Crippen molar-refractivity contribution in [2.75, 3.05) is 6.54 Å². The molecular formula is C12H15FN2O3. The fraction of sp³-hybridized carbons (Fsp3) is 0.417. The maximum atomic E-state index is 12.8. The van der Waals surface area contributed by atoms with E-state index < -0.39 is 23.7 Å². The van der Waals surface area contributed by atoms with Gasteiger partial charge in [0.1, 0.15) is 5.69 Å². The van der Waals surface area contributed by atoms with Crippen LogP contribution in [0.15, 0.2) is 18.2 Å². The number of hydrogen-bond donors (Lipinski definition) is 2. The van der Waals surface area contributed by atoms with E-state index in [9.17, 15) is 14.0 Å². The van der Waals surface area contributed by atoms with Crippen LogP contribution >= 0.6 is 0 Å². The second-order valence-corrected chi connectivity index (χ2v) is 4.24. The van der Waals surface area contributed by atoms with Gasteiger partial charge in [-0.2, -0.15) is 4.39 Å². The molecule has 18 heavy (non-hydrogen) atoms. The van der Waals surface area contributed by atoms with Gasteiger partial charge in [-0.05, 0) is 18.1 Å². The molecule has 0 aromatic carbocycles. The summed E-state index contributed by atoms with van der Waals surface area (Å²) >= 11 is 0. The van der Waals surface area contributed by atoms with Gasteiger partial charge in [0.15, 0.2) is 0 Å². The predicted molar refractivity (Wildman–Crippen MR) is 62.5 cm³/mol. The molecule has 0 aliphatic carbocycles. The van der Waals surface area contributed by atoms with Crippen molar-refractivity contribution < 1.29 is 19.1 Å². The third kappa shape index (κ3) is 3.80. The lowest BCUT2D eigenvalue weighted by molar-refractivity contribution is -0.142. The summed E-state index contributed by atoms with van der Waals surface area (Å²) in [6, 6.07) is 3.86. The van der Waals surface area contributed by atoms with E-state index in [2.05, 4.69) is 10.3 Å². The number of aliphatic carboxylic acids is 1. The fourth-order valence-corrected chi connectivity index (χ4v) is 1.44. The van der Waals surface area contributed by atoms with Crippen molar-refractivity contribution in [1.82, 2.24) is 10.3 Å². The van der Waals surface area contributed by atoms with Gasteiger partial charge in [-0.3, -0.25) is 9.59 Å². The van der Waals surface area contributed by atoms with Crippen molar-refractivity contribution in [2.45, 2.75) is 13.8 Å². The highest BCUT2D eigenvalue weighted by molar-refractivity contribution is 5.92. The molecule has 0 saturated heterocycles. The highest BCUT2D eigenvalue weighted by Gasteiger charge is 2.22. The van der Waals surface area contributed by atoms with Gasteiger partial charge >= 0.3 is 5.97 Å². The molecule has 0 aliphatic heterocycles. The van der Waals surface area contributed by atoms with Crippen molar-refractivity contribution in [3.63, 3.8) is 0 Å². The molecule has 1 amide bonds. The first kappa shape index (κ1) is 14.1. The molecule has 1 rings (SSSR count). The molecule has 98 valence electrons. The summed E-state index contributed by atoms with van der Waals surface area (Å²) in [5, 5.41) is 11.4. The molecular weight excluding hydrogens is 239 g/mol. The van der Waals surface area contributed by atoms with Crippen LogP contribution in [0.25, 0.3) is 0 Å². The average Bonchev–Trinajstić information content (AvgIpc) is 2.28. The van der Waals surface area contributed by atoms with Crippen molar-refractivity contribution in [3.8, 4) is 0 Å². The Hall–Kier alpha value is -1.98. The number of carbonyl (C=O) groups excluding carboxylic acids is 1. The first-order chi connectivity index (χ1) is 8.41. The van der Waals surface area contributed by atoms with Gasteiger partial charge in [0.25, 0.3) is 5.91 Å². The van der Waals surface area contributed by atoms with Crippen LogP contribution in [0.2, 0.25) is 0 Å². The van der Waals surface area contributed by atoms with Crippen molar-refractivity contribution in [2.24, 2.45) is 11.8 Å².